The highest BCUT2D eigenvalue weighted by atomic mass is 16.4. The zero-order chi connectivity index (χ0) is 14.2. The molecule has 2 rings (SSSR count). The predicted molar refractivity (Wildman–Crippen MR) is 67.5 cm³/mol. The van der Waals surface area contributed by atoms with Gasteiger partial charge in [-0.3, -0.25) is 9.48 Å². The molecule has 0 saturated heterocycles. The fourth-order valence-electron chi connectivity index (χ4n) is 2.82. The molecule has 0 aliphatic heterocycles. The first kappa shape index (κ1) is 13.6. The van der Waals surface area contributed by atoms with Gasteiger partial charge in [0, 0.05) is 17.3 Å². The molecule has 6 heteroatoms. The molecule has 1 aliphatic carbocycles. The van der Waals surface area contributed by atoms with Gasteiger partial charge in [0.2, 0.25) is 0 Å². The van der Waals surface area contributed by atoms with Crippen molar-refractivity contribution in [2.45, 2.75) is 51.5 Å². The number of nitrogens with zero attached hydrogens (tertiary/aromatic N) is 2. The first-order valence-corrected chi connectivity index (χ1v) is 6.48. The number of rotatable bonds is 4. The van der Waals surface area contributed by atoms with Gasteiger partial charge in [0.1, 0.15) is 0 Å². The third-order valence-corrected chi connectivity index (χ3v) is 3.54. The second-order valence-electron chi connectivity index (χ2n) is 5.24. The number of aliphatic carboxylic acids is 1. The van der Waals surface area contributed by atoms with E-state index in [1.165, 1.54) is 0 Å². The quantitative estimate of drug-likeness (QED) is 0.870. The zero-order valence-corrected chi connectivity index (χ0v) is 11.1. The normalized spacial score (nSPS) is 18.4. The summed E-state index contributed by atoms with van der Waals surface area (Å²) in [4.78, 5) is 22.2. The van der Waals surface area contributed by atoms with E-state index in [-0.39, 0.29) is 24.1 Å². The van der Waals surface area contributed by atoms with Crippen LogP contribution < -0.4 is 0 Å². The van der Waals surface area contributed by atoms with E-state index in [1.807, 2.05) is 13.8 Å². The fourth-order valence-corrected chi connectivity index (χ4v) is 2.82. The summed E-state index contributed by atoms with van der Waals surface area (Å²) in [7, 11) is 0. The predicted octanol–water partition coefficient (Wildman–Crippen LogP) is 2.06. The number of hydrogen-bond donors (Lipinski definition) is 2. The maximum Gasteiger partial charge on any atom is 0.356 e. The van der Waals surface area contributed by atoms with Gasteiger partial charge < -0.3 is 10.2 Å². The summed E-state index contributed by atoms with van der Waals surface area (Å²) in [6.07, 6.45) is 2.33. The number of carboxylic acid groups (broad SMARTS) is 2. The van der Waals surface area contributed by atoms with Gasteiger partial charge in [0.05, 0.1) is 6.42 Å². The van der Waals surface area contributed by atoms with E-state index in [0.717, 1.165) is 18.5 Å². The van der Waals surface area contributed by atoms with E-state index < -0.39 is 11.9 Å². The molecule has 1 aliphatic rings. The summed E-state index contributed by atoms with van der Waals surface area (Å²) in [5.74, 6) is -2.21. The van der Waals surface area contributed by atoms with Crippen molar-refractivity contribution in [1.29, 1.82) is 0 Å². The Morgan fingerprint density at radius 2 is 2.11 bits per heavy atom. The Kier molecular flexibility index (Phi) is 3.59. The van der Waals surface area contributed by atoms with Crippen LogP contribution in [0, 0.1) is 0 Å². The lowest BCUT2D eigenvalue weighted by Gasteiger charge is -2.23. The van der Waals surface area contributed by atoms with Crippen LogP contribution in [0.4, 0.5) is 0 Å². The van der Waals surface area contributed by atoms with Crippen LogP contribution in [0.25, 0.3) is 0 Å². The Morgan fingerprint density at radius 3 is 2.63 bits per heavy atom. The van der Waals surface area contributed by atoms with E-state index in [9.17, 15) is 14.7 Å². The molecule has 1 aromatic heterocycles. The molecule has 1 unspecified atom stereocenters. The highest BCUT2D eigenvalue weighted by Crippen LogP contribution is 2.37. The standard InChI is InChI=1S/C13H18N2O4/c1-7(2)15-9-5-3-4-8(6-10(16)17)11(9)12(14-15)13(18)19/h7-8H,3-6H2,1-2H3,(H,16,17)(H,18,19). The number of carboxylic acids is 2. The largest absolute Gasteiger partial charge is 0.481 e. The van der Waals surface area contributed by atoms with Gasteiger partial charge in [-0.25, -0.2) is 4.79 Å². The zero-order valence-electron chi connectivity index (χ0n) is 11.1. The lowest BCUT2D eigenvalue weighted by atomic mass is 9.83. The van der Waals surface area contributed by atoms with Crippen LogP contribution in [0.3, 0.4) is 0 Å². The van der Waals surface area contributed by atoms with Gasteiger partial charge in [0.15, 0.2) is 5.69 Å². The molecule has 104 valence electrons. The second-order valence-corrected chi connectivity index (χ2v) is 5.24. The topological polar surface area (TPSA) is 92.4 Å². The highest BCUT2D eigenvalue weighted by Gasteiger charge is 2.32. The van der Waals surface area contributed by atoms with Crippen molar-refractivity contribution in [2.24, 2.45) is 0 Å². The second kappa shape index (κ2) is 5.03. The fraction of sp³-hybridized carbons (Fsp3) is 0.615. The first-order valence-electron chi connectivity index (χ1n) is 6.48. The minimum atomic E-state index is -1.08. The lowest BCUT2D eigenvalue weighted by Crippen LogP contribution is -2.17. The van der Waals surface area contributed by atoms with Crippen molar-refractivity contribution in [2.75, 3.05) is 0 Å². The molecule has 19 heavy (non-hydrogen) atoms. The molecule has 0 spiro atoms. The van der Waals surface area contributed by atoms with Crippen LogP contribution in [0.15, 0.2) is 0 Å². The van der Waals surface area contributed by atoms with Crippen molar-refractivity contribution in [1.82, 2.24) is 9.78 Å². The summed E-state index contributed by atoms with van der Waals surface area (Å²) in [5.41, 5.74) is 1.55. The van der Waals surface area contributed by atoms with Crippen molar-refractivity contribution in [3.8, 4) is 0 Å². The van der Waals surface area contributed by atoms with Crippen molar-refractivity contribution in [3.05, 3.63) is 17.0 Å². The Labute approximate surface area is 111 Å². The maximum absolute atomic E-state index is 11.3. The van der Waals surface area contributed by atoms with Crippen LogP contribution in [-0.2, 0) is 11.2 Å². The first-order chi connectivity index (χ1) is 8.91. The highest BCUT2D eigenvalue weighted by molar-refractivity contribution is 5.88. The molecular formula is C13H18N2O4. The van der Waals surface area contributed by atoms with Gasteiger partial charge in [0.25, 0.3) is 0 Å². The van der Waals surface area contributed by atoms with E-state index in [4.69, 9.17) is 5.11 Å². The summed E-state index contributed by atoms with van der Waals surface area (Å²) in [5, 5.41) is 22.4. The Hall–Kier alpha value is -1.85. The van der Waals surface area contributed by atoms with E-state index in [1.54, 1.807) is 4.68 Å². The number of aromatic nitrogens is 2. The Morgan fingerprint density at radius 1 is 1.42 bits per heavy atom. The molecule has 2 N–H and O–H groups in total. The molecule has 0 saturated carbocycles. The molecule has 0 amide bonds. The molecule has 0 bridgehead atoms. The average Bonchev–Trinajstić information content (AvgIpc) is 2.68. The van der Waals surface area contributed by atoms with Crippen LogP contribution >= 0.6 is 0 Å². The summed E-state index contributed by atoms with van der Waals surface area (Å²) in [6.45, 7) is 3.89. The van der Waals surface area contributed by atoms with Crippen molar-refractivity contribution in [3.63, 3.8) is 0 Å². The van der Waals surface area contributed by atoms with Gasteiger partial charge in [-0.2, -0.15) is 5.10 Å². The van der Waals surface area contributed by atoms with E-state index in [2.05, 4.69) is 5.10 Å². The lowest BCUT2D eigenvalue weighted by molar-refractivity contribution is -0.137. The minimum Gasteiger partial charge on any atom is -0.481 e. The summed E-state index contributed by atoms with van der Waals surface area (Å²) < 4.78 is 1.73. The third kappa shape index (κ3) is 2.47. The molecule has 0 radical (unpaired) electrons. The van der Waals surface area contributed by atoms with E-state index in [0.29, 0.717) is 12.0 Å². The Bertz CT molecular complexity index is 519. The minimum absolute atomic E-state index is 0.0228. The maximum atomic E-state index is 11.3. The molecular weight excluding hydrogens is 248 g/mol. The van der Waals surface area contributed by atoms with Crippen LogP contribution in [0.2, 0.25) is 0 Å². The van der Waals surface area contributed by atoms with Crippen molar-refractivity contribution >= 4 is 11.9 Å². The SMILES string of the molecule is CC(C)n1nc(C(=O)O)c2c1CCCC2CC(=O)O. The summed E-state index contributed by atoms with van der Waals surface area (Å²) >= 11 is 0. The molecule has 6 nitrogen and oxygen atoms in total. The molecule has 1 atom stereocenters. The van der Waals surface area contributed by atoms with Crippen molar-refractivity contribution < 1.29 is 19.8 Å². The number of hydrogen-bond acceptors (Lipinski definition) is 3. The average molecular weight is 266 g/mol. The molecule has 0 aromatic carbocycles. The molecule has 0 fully saturated rings. The van der Waals surface area contributed by atoms with Crippen LogP contribution in [-0.4, -0.2) is 31.9 Å². The number of fused-ring (bicyclic) bond motifs is 1. The van der Waals surface area contributed by atoms with Gasteiger partial charge in [-0.15, -0.1) is 0 Å². The molecule has 1 heterocycles. The van der Waals surface area contributed by atoms with Gasteiger partial charge in [-0.1, -0.05) is 0 Å². The van der Waals surface area contributed by atoms with Gasteiger partial charge >= 0.3 is 11.9 Å². The number of carbonyl (C=O) groups is 2. The third-order valence-electron chi connectivity index (χ3n) is 3.54. The summed E-state index contributed by atoms with van der Waals surface area (Å²) in [6, 6.07) is 0.0745. The van der Waals surface area contributed by atoms with Crippen LogP contribution in [0.1, 0.15) is 66.8 Å². The smallest absolute Gasteiger partial charge is 0.356 e. The van der Waals surface area contributed by atoms with Crippen LogP contribution in [0.5, 0.6) is 0 Å². The monoisotopic (exact) mass is 266 g/mol. The Balaban J connectivity index is 2.53. The molecule has 1 aromatic rings. The van der Waals surface area contributed by atoms with Gasteiger partial charge in [-0.05, 0) is 39.0 Å². The van der Waals surface area contributed by atoms with E-state index >= 15 is 0 Å². The number of aromatic carboxylic acids is 1.